The third kappa shape index (κ3) is 4.84. The largest absolute Gasteiger partial charge is 0.368 e. The fraction of sp³-hybridized carbons (Fsp3) is 0.167. The van der Waals surface area contributed by atoms with Crippen LogP contribution in [0.4, 0.5) is 5.82 Å². The van der Waals surface area contributed by atoms with Gasteiger partial charge in [0.15, 0.2) is 0 Å². The van der Waals surface area contributed by atoms with E-state index in [1.54, 1.807) is 0 Å². The van der Waals surface area contributed by atoms with Crippen LogP contribution in [0.1, 0.15) is 17.2 Å². The van der Waals surface area contributed by atoms with E-state index in [-0.39, 0.29) is 6.04 Å². The molecule has 0 bridgehead atoms. The molecule has 0 aliphatic heterocycles. The molecule has 1 atom stereocenters. The van der Waals surface area contributed by atoms with Crippen molar-refractivity contribution in [2.24, 2.45) is 0 Å². The molecule has 2 aromatic heterocycles. The summed E-state index contributed by atoms with van der Waals surface area (Å²) >= 11 is 6.37. The van der Waals surface area contributed by atoms with Crippen LogP contribution in [0.25, 0.3) is 11.1 Å². The lowest BCUT2D eigenvalue weighted by Gasteiger charge is -2.19. The van der Waals surface area contributed by atoms with Gasteiger partial charge in [-0.05, 0) is 36.6 Å². The number of rotatable bonds is 7. The van der Waals surface area contributed by atoms with E-state index in [1.165, 1.54) is 5.56 Å². The summed E-state index contributed by atoms with van der Waals surface area (Å²) in [6.07, 6.45) is 6.68. The predicted molar refractivity (Wildman–Crippen MR) is 119 cm³/mol. The Kier molecular flexibility index (Phi) is 5.92. The van der Waals surface area contributed by atoms with Gasteiger partial charge in [-0.3, -0.25) is 4.68 Å². The highest BCUT2D eigenvalue weighted by Crippen LogP contribution is 2.28. The van der Waals surface area contributed by atoms with Crippen molar-refractivity contribution in [3.05, 3.63) is 101 Å². The van der Waals surface area contributed by atoms with E-state index in [1.807, 2.05) is 60.4 Å². The zero-order chi connectivity index (χ0) is 20.1. The van der Waals surface area contributed by atoms with Gasteiger partial charge in [-0.1, -0.05) is 66.2 Å². The lowest BCUT2D eigenvalue weighted by molar-refractivity contribution is 0.470. The van der Waals surface area contributed by atoms with Crippen molar-refractivity contribution in [1.29, 1.82) is 0 Å². The second-order valence-corrected chi connectivity index (χ2v) is 7.54. The number of halogens is 1. The van der Waals surface area contributed by atoms with Crippen molar-refractivity contribution < 1.29 is 0 Å². The Balaban J connectivity index is 1.58. The minimum atomic E-state index is 0.136. The number of aromatic nitrogens is 3. The van der Waals surface area contributed by atoms with Crippen molar-refractivity contribution >= 4 is 17.4 Å². The van der Waals surface area contributed by atoms with Gasteiger partial charge < -0.3 is 5.32 Å². The highest BCUT2D eigenvalue weighted by Gasteiger charge is 2.15. The van der Waals surface area contributed by atoms with Crippen LogP contribution in [-0.4, -0.2) is 21.3 Å². The van der Waals surface area contributed by atoms with E-state index in [9.17, 15) is 0 Å². The van der Waals surface area contributed by atoms with Gasteiger partial charge in [-0.15, -0.1) is 0 Å². The van der Waals surface area contributed by atoms with Gasteiger partial charge in [0, 0.05) is 35.1 Å². The van der Waals surface area contributed by atoms with Crippen molar-refractivity contribution in [1.82, 2.24) is 14.8 Å². The first-order chi connectivity index (χ1) is 14.2. The number of pyridine rings is 1. The van der Waals surface area contributed by atoms with E-state index in [2.05, 4.69) is 51.9 Å². The molecule has 0 fully saturated rings. The molecular weight excluding hydrogens is 380 g/mol. The van der Waals surface area contributed by atoms with Crippen molar-refractivity contribution in [2.75, 3.05) is 11.9 Å². The summed E-state index contributed by atoms with van der Waals surface area (Å²) in [5, 5.41) is 8.84. The number of hydrogen-bond acceptors (Lipinski definition) is 3. The lowest BCUT2D eigenvalue weighted by atomic mass is 10.1. The number of anilines is 1. The van der Waals surface area contributed by atoms with Crippen LogP contribution in [0.15, 0.2) is 85.3 Å². The maximum Gasteiger partial charge on any atom is 0.125 e. The number of nitrogens with one attached hydrogen (secondary N) is 1. The van der Waals surface area contributed by atoms with Gasteiger partial charge >= 0.3 is 0 Å². The van der Waals surface area contributed by atoms with Gasteiger partial charge in [-0.25, -0.2) is 4.98 Å². The molecule has 5 heteroatoms. The first kappa shape index (κ1) is 19.2. The SMILES string of the molecule is Cc1ccc(NC[C@H](Cc2ccccc2)n2cc(-c3ccccc3Cl)cn2)nc1. The molecule has 0 aliphatic carbocycles. The Morgan fingerprint density at radius 1 is 0.966 bits per heavy atom. The second kappa shape index (κ2) is 8.93. The van der Waals surface area contributed by atoms with Crippen LogP contribution in [0, 0.1) is 6.92 Å². The topological polar surface area (TPSA) is 42.7 Å². The van der Waals surface area contributed by atoms with Crippen LogP contribution in [0.2, 0.25) is 5.02 Å². The lowest BCUT2D eigenvalue weighted by Crippen LogP contribution is -2.22. The molecule has 4 nitrogen and oxygen atoms in total. The monoisotopic (exact) mass is 402 g/mol. The van der Waals surface area contributed by atoms with Gasteiger partial charge in [0.05, 0.1) is 12.2 Å². The molecule has 0 aliphatic rings. The highest BCUT2D eigenvalue weighted by atomic mass is 35.5. The molecule has 0 radical (unpaired) electrons. The molecular formula is C24H23ClN4. The minimum absolute atomic E-state index is 0.136. The molecule has 0 spiro atoms. The Morgan fingerprint density at radius 2 is 1.76 bits per heavy atom. The van der Waals surface area contributed by atoms with Gasteiger partial charge in [0.25, 0.3) is 0 Å². The molecule has 29 heavy (non-hydrogen) atoms. The third-order valence-corrected chi connectivity index (χ3v) is 5.23. The number of aryl methyl sites for hydroxylation is 1. The number of hydrogen-bond donors (Lipinski definition) is 1. The zero-order valence-electron chi connectivity index (χ0n) is 16.3. The summed E-state index contributed by atoms with van der Waals surface area (Å²) < 4.78 is 2.02. The van der Waals surface area contributed by atoms with E-state index in [0.29, 0.717) is 6.54 Å². The van der Waals surface area contributed by atoms with Crippen LogP contribution in [0.3, 0.4) is 0 Å². The first-order valence-corrected chi connectivity index (χ1v) is 10.1. The Hall–Kier alpha value is -3.11. The molecule has 4 aromatic rings. The Bertz CT molecular complexity index is 1060. The number of nitrogens with zero attached hydrogens (tertiary/aromatic N) is 3. The standard InChI is InChI=1S/C24H23ClN4/c1-18-11-12-24(26-14-18)27-16-21(13-19-7-3-2-4-8-19)29-17-20(15-28-29)22-9-5-6-10-23(22)25/h2-12,14-15,17,21H,13,16H2,1H3,(H,26,27)/t21-/m0/s1. The van der Waals surface area contributed by atoms with Crippen molar-refractivity contribution in [3.8, 4) is 11.1 Å². The van der Waals surface area contributed by atoms with Gasteiger partial charge in [0.1, 0.15) is 5.82 Å². The fourth-order valence-corrected chi connectivity index (χ4v) is 3.56. The van der Waals surface area contributed by atoms with E-state index >= 15 is 0 Å². The summed E-state index contributed by atoms with van der Waals surface area (Å²) in [5.41, 5.74) is 4.42. The molecule has 0 saturated carbocycles. The van der Waals surface area contributed by atoms with E-state index < -0.39 is 0 Å². The second-order valence-electron chi connectivity index (χ2n) is 7.13. The average Bonchev–Trinajstić information content (AvgIpc) is 3.23. The van der Waals surface area contributed by atoms with Crippen LogP contribution in [0.5, 0.6) is 0 Å². The van der Waals surface area contributed by atoms with E-state index in [4.69, 9.17) is 11.6 Å². The molecule has 0 unspecified atom stereocenters. The number of benzene rings is 2. The molecule has 2 aromatic carbocycles. The minimum Gasteiger partial charge on any atom is -0.368 e. The highest BCUT2D eigenvalue weighted by molar-refractivity contribution is 6.33. The molecule has 4 rings (SSSR count). The summed E-state index contributed by atoms with van der Waals surface area (Å²) in [5.74, 6) is 0.868. The van der Waals surface area contributed by atoms with E-state index in [0.717, 1.165) is 34.0 Å². The van der Waals surface area contributed by atoms with Crippen molar-refractivity contribution in [3.63, 3.8) is 0 Å². The zero-order valence-corrected chi connectivity index (χ0v) is 17.1. The maximum absolute atomic E-state index is 6.37. The fourth-order valence-electron chi connectivity index (χ4n) is 3.31. The molecule has 146 valence electrons. The Labute approximate surface area is 176 Å². The van der Waals surface area contributed by atoms with Crippen LogP contribution in [-0.2, 0) is 6.42 Å². The molecule has 2 heterocycles. The Morgan fingerprint density at radius 3 is 2.52 bits per heavy atom. The van der Waals surface area contributed by atoms with Gasteiger partial charge in [-0.2, -0.15) is 5.10 Å². The maximum atomic E-state index is 6.37. The molecule has 0 saturated heterocycles. The van der Waals surface area contributed by atoms with Gasteiger partial charge in [0.2, 0.25) is 0 Å². The van der Waals surface area contributed by atoms with Crippen molar-refractivity contribution in [2.45, 2.75) is 19.4 Å². The normalized spacial score (nSPS) is 11.9. The van der Waals surface area contributed by atoms with Crippen LogP contribution < -0.4 is 5.32 Å². The average molecular weight is 403 g/mol. The summed E-state index contributed by atoms with van der Waals surface area (Å²) in [6.45, 7) is 2.75. The smallest absolute Gasteiger partial charge is 0.125 e. The summed E-state index contributed by atoms with van der Waals surface area (Å²) in [7, 11) is 0. The quantitative estimate of drug-likeness (QED) is 0.424. The predicted octanol–water partition coefficient (Wildman–Crippen LogP) is 5.80. The third-order valence-electron chi connectivity index (χ3n) is 4.90. The summed E-state index contributed by atoms with van der Waals surface area (Å²) in [6, 6.07) is 22.5. The summed E-state index contributed by atoms with van der Waals surface area (Å²) in [4.78, 5) is 4.46. The molecule has 1 N–H and O–H groups in total. The van der Waals surface area contributed by atoms with Crippen LogP contribution >= 0.6 is 11.6 Å². The first-order valence-electron chi connectivity index (χ1n) is 9.68. The molecule has 0 amide bonds.